The Bertz CT molecular complexity index is 984. The molecular weight excluding hydrogens is 418 g/mol. The molecule has 1 unspecified atom stereocenters. The maximum absolute atomic E-state index is 13.4. The Labute approximate surface area is 196 Å². The van der Waals surface area contributed by atoms with Gasteiger partial charge in [-0.05, 0) is 42.3 Å². The van der Waals surface area contributed by atoms with E-state index in [1.807, 2.05) is 69.3 Å². The number of methoxy groups -OCH3 is 2. The Morgan fingerprint density at radius 3 is 2.33 bits per heavy atom. The van der Waals surface area contributed by atoms with Crippen molar-refractivity contribution in [3.05, 3.63) is 65.2 Å². The fraction of sp³-hybridized carbons (Fsp3) is 0.423. The molecule has 2 amide bonds. The van der Waals surface area contributed by atoms with Gasteiger partial charge in [-0.1, -0.05) is 43.7 Å². The average Bonchev–Trinajstić information content (AvgIpc) is 3.27. The summed E-state index contributed by atoms with van der Waals surface area (Å²) in [6, 6.07) is 15.6. The predicted octanol–water partition coefficient (Wildman–Crippen LogP) is 3.81. The quantitative estimate of drug-likeness (QED) is 0.581. The maximum atomic E-state index is 13.4. The third-order valence-corrected chi connectivity index (χ3v) is 5.75. The molecule has 0 aromatic heterocycles. The molecule has 0 spiro atoms. The van der Waals surface area contributed by atoms with Crippen molar-refractivity contribution in [2.45, 2.75) is 33.2 Å². The molecule has 176 valence electrons. The Morgan fingerprint density at radius 1 is 1.09 bits per heavy atom. The minimum Gasteiger partial charge on any atom is -0.497 e. The number of ether oxygens (including phenoxy) is 2. The number of carbonyl (C=O) groups is 2. The molecule has 0 fully saturated rings. The van der Waals surface area contributed by atoms with Crippen LogP contribution >= 0.6 is 0 Å². The van der Waals surface area contributed by atoms with Gasteiger partial charge in [0.15, 0.2) is 0 Å². The zero-order valence-electron chi connectivity index (χ0n) is 20.1. The summed E-state index contributed by atoms with van der Waals surface area (Å²) in [4.78, 5) is 27.7. The van der Waals surface area contributed by atoms with Gasteiger partial charge in [0.1, 0.15) is 12.3 Å². The van der Waals surface area contributed by atoms with Crippen LogP contribution in [0.5, 0.6) is 5.75 Å². The zero-order valence-corrected chi connectivity index (χ0v) is 20.1. The molecule has 1 aliphatic rings. The van der Waals surface area contributed by atoms with Crippen LogP contribution in [0.1, 0.15) is 43.0 Å². The first-order valence-electron chi connectivity index (χ1n) is 11.2. The van der Waals surface area contributed by atoms with Gasteiger partial charge < -0.3 is 14.4 Å². The highest BCUT2D eigenvalue weighted by Gasteiger charge is 2.34. The SMILES string of the molecule is COCCN(CC(=O)N1N=C(c2ccc(OC)cc2)CC1c1ccc(C)cc1)C(=O)C(C)C. The summed E-state index contributed by atoms with van der Waals surface area (Å²) in [6.07, 6.45) is 0.595. The second kappa shape index (κ2) is 11.1. The van der Waals surface area contributed by atoms with Crippen molar-refractivity contribution in [2.24, 2.45) is 11.0 Å². The van der Waals surface area contributed by atoms with Gasteiger partial charge in [0.2, 0.25) is 5.91 Å². The van der Waals surface area contributed by atoms with Crippen molar-refractivity contribution in [2.75, 3.05) is 33.9 Å². The molecule has 1 atom stereocenters. The molecule has 0 radical (unpaired) electrons. The molecule has 3 rings (SSSR count). The molecule has 7 nitrogen and oxygen atoms in total. The standard InChI is InChI=1S/C26H33N3O4/c1-18(2)26(31)28(14-15-32-4)17-25(30)29-24(21-8-6-19(3)7-9-21)16-23(27-29)20-10-12-22(33-5)13-11-20/h6-13,18,24H,14-17H2,1-5H3. The first kappa shape index (κ1) is 24.5. The number of hydrogen-bond acceptors (Lipinski definition) is 5. The van der Waals surface area contributed by atoms with E-state index in [1.165, 1.54) is 5.01 Å². The van der Waals surface area contributed by atoms with Crippen molar-refractivity contribution >= 4 is 17.5 Å². The number of rotatable bonds is 9. The Hall–Kier alpha value is -3.19. The molecule has 1 heterocycles. The van der Waals surface area contributed by atoms with E-state index in [-0.39, 0.29) is 30.3 Å². The van der Waals surface area contributed by atoms with E-state index in [4.69, 9.17) is 14.6 Å². The van der Waals surface area contributed by atoms with Crippen LogP contribution in [0.4, 0.5) is 0 Å². The first-order chi connectivity index (χ1) is 15.8. The number of hydrazone groups is 1. The second-order valence-corrected chi connectivity index (χ2v) is 8.55. The summed E-state index contributed by atoms with van der Waals surface area (Å²) in [5, 5.41) is 6.26. The highest BCUT2D eigenvalue weighted by Crippen LogP contribution is 2.33. The minimum absolute atomic E-state index is 0.0396. The number of aryl methyl sites for hydroxylation is 1. The second-order valence-electron chi connectivity index (χ2n) is 8.55. The highest BCUT2D eigenvalue weighted by molar-refractivity contribution is 6.03. The molecule has 33 heavy (non-hydrogen) atoms. The first-order valence-corrected chi connectivity index (χ1v) is 11.2. The molecule has 7 heteroatoms. The lowest BCUT2D eigenvalue weighted by atomic mass is 9.97. The molecule has 0 aliphatic carbocycles. The van der Waals surface area contributed by atoms with Crippen molar-refractivity contribution in [3.63, 3.8) is 0 Å². The normalized spacial score (nSPS) is 15.5. The van der Waals surface area contributed by atoms with Gasteiger partial charge in [-0.15, -0.1) is 0 Å². The Kier molecular flexibility index (Phi) is 8.22. The van der Waals surface area contributed by atoms with E-state index in [9.17, 15) is 9.59 Å². The third-order valence-electron chi connectivity index (χ3n) is 5.75. The number of benzene rings is 2. The van der Waals surface area contributed by atoms with Gasteiger partial charge in [0.25, 0.3) is 5.91 Å². The van der Waals surface area contributed by atoms with Crippen LogP contribution in [-0.4, -0.2) is 61.4 Å². The number of amides is 2. The largest absolute Gasteiger partial charge is 0.497 e. The van der Waals surface area contributed by atoms with E-state index in [0.29, 0.717) is 19.6 Å². The smallest absolute Gasteiger partial charge is 0.262 e. The summed E-state index contributed by atoms with van der Waals surface area (Å²) in [5.41, 5.74) is 3.94. The highest BCUT2D eigenvalue weighted by atomic mass is 16.5. The van der Waals surface area contributed by atoms with Crippen molar-refractivity contribution in [3.8, 4) is 5.75 Å². The molecule has 2 aromatic rings. The number of hydrogen-bond donors (Lipinski definition) is 0. The van der Waals surface area contributed by atoms with Crippen LogP contribution in [0.15, 0.2) is 53.6 Å². The van der Waals surface area contributed by atoms with Gasteiger partial charge in [-0.25, -0.2) is 5.01 Å². The molecular formula is C26H33N3O4. The van der Waals surface area contributed by atoms with E-state index in [2.05, 4.69) is 0 Å². The number of carbonyl (C=O) groups excluding carboxylic acids is 2. The van der Waals surface area contributed by atoms with Crippen LogP contribution in [0.2, 0.25) is 0 Å². The lowest BCUT2D eigenvalue weighted by Crippen LogP contribution is -2.44. The minimum atomic E-state index is -0.228. The van der Waals surface area contributed by atoms with Crippen molar-refractivity contribution < 1.29 is 19.1 Å². The predicted molar refractivity (Wildman–Crippen MR) is 128 cm³/mol. The Balaban J connectivity index is 1.89. The van der Waals surface area contributed by atoms with E-state index < -0.39 is 0 Å². The Morgan fingerprint density at radius 2 is 1.76 bits per heavy atom. The van der Waals surface area contributed by atoms with Gasteiger partial charge in [-0.3, -0.25) is 9.59 Å². The number of nitrogens with zero attached hydrogens (tertiary/aromatic N) is 3. The summed E-state index contributed by atoms with van der Waals surface area (Å²) in [6.45, 7) is 6.38. The summed E-state index contributed by atoms with van der Waals surface area (Å²) in [7, 11) is 3.21. The maximum Gasteiger partial charge on any atom is 0.262 e. The third kappa shape index (κ3) is 5.99. The topological polar surface area (TPSA) is 71.4 Å². The van der Waals surface area contributed by atoms with Gasteiger partial charge in [-0.2, -0.15) is 5.10 Å². The van der Waals surface area contributed by atoms with Gasteiger partial charge >= 0.3 is 0 Å². The van der Waals surface area contributed by atoms with Crippen LogP contribution in [-0.2, 0) is 14.3 Å². The lowest BCUT2D eigenvalue weighted by molar-refractivity contribution is -0.143. The molecule has 2 aromatic carbocycles. The molecule has 0 N–H and O–H groups in total. The van der Waals surface area contributed by atoms with E-state index in [0.717, 1.165) is 28.2 Å². The molecule has 1 aliphatic heterocycles. The van der Waals surface area contributed by atoms with Crippen molar-refractivity contribution in [1.82, 2.24) is 9.91 Å². The molecule has 0 saturated heterocycles. The van der Waals surface area contributed by atoms with Crippen LogP contribution in [0.25, 0.3) is 0 Å². The van der Waals surface area contributed by atoms with E-state index >= 15 is 0 Å². The van der Waals surface area contributed by atoms with Gasteiger partial charge in [0.05, 0.1) is 25.5 Å². The summed E-state index contributed by atoms with van der Waals surface area (Å²) in [5.74, 6) is 0.265. The van der Waals surface area contributed by atoms with Crippen LogP contribution in [0.3, 0.4) is 0 Å². The molecule has 0 bridgehead atoms. The zero-order chi connectivity index (χ0) is 24.0. The summed E-state index contributed by atoms with van der Waals surface area (Å²) < 4.78 is 10.4. The fourth-order valence-corrected chi connectivity index (χ4v) is 3.82. The van der Waals surface area contributed by atoms with Crippen LogP contribution in [0, 0.1) is 12.8 Å². The van der Waals surface area contributed by atoms with Crippen molar-refractivity contribution in [1.29, 1.82) is 0 Å². The fourth-order valence-electron chi connectivity index (χ4n) is 3.82. The lowest BCUT2D eigenvalue weighted by Gasteiger charge is -2.28. The van der Waals surface area contributed by atoms with Crippen LogP contribution < -0.4 is 4.74 Å². The monoisotopic (exact) mass is 451 g/mol. The average molecular weight is 452 g/mol. The molecule has 0 saturated carbocycles. The van der Waals surface area contributed by atoms with Gasteiger partial charge in [0, 0.05) is 26.0 Å². The van der Waals surface area contributed by atoms with E-state index in [1.54, 1.807) is 19.1 Å². The summed E-state index contributed by atoms with van der Waals surface area (Å²) >= 11 is 0.